The Hall–Kier alpha value is -1.11. The van der Waals surface area contributed by atoms with Crippen molar-refractivity contribution >= 4 is 27.5 Å². The number of benzene rings is 1. The zero-order chi connectivity index (χ0) is 15.5. The molecular weight excluding hydrogens is 312 g/mol. The van der Waals surface area contributed by atoms with Gasteiger partial charge in [-0.1, -0.05) is 23.7 Å². The Labute approximate surface area is 130 Å². The van der Waals surface area contributed by atoms with Crippen LogP contribution < -0.4 is 5.32 Å². The molecule has 1 aliphatic rings. The molecule has 1 amide bonds. The molecule has 0 radical (unpaired) electrons. The van der Waals surface area contributed by atoms with Crippen LogP contribution >= 0.6 is 11.6 Å². The summed E-state index contributed by atoms with van der Waals surface area (Å²) >= 11 is 5.79. The highest BCUT2D eigenvalue weighted by atomic mass is 35.5. The molecule has 5 nitrogen and oxygen atoms in total. The van der Waals surface area contributed by atoms with Crippen molar-refractivity contribution in [3.8, 4) is 0 Å². The topological polar surface area (TPSA) is 66.5 Å². The summed E-state index contributed by atoms with van der Waals surface area (Å²) in [6, 6.07) is 7.30. The predicted octanol–water partition coefficient (Wildman–Crippen LogP) is 1.77. The second kappa shape index (κ2) is 6.77. The van der Waals surface area contributed by atoms with Gasteiger partial charge < -0.3 is 5.32 Å². The van der Waals surface area contributed by atoms with Gasteiger partial charge in [-0.25, -0.2) is 8.42 Å². The standard InChI is InChI=1S/C14H19ClN2O3S/c1-21(19,20)17(13-6-7-13)9-8-14(18)16-10-11-2-4-12(15)5-3-11/h2-5,13H,6-10H2,1H3,(H,16,18). The summed E-state index contributed by atoms with van der Waals surface area (Å²) in [7, 11) is -3.23. The summed E-state index contributed by atoms with van der Waals surface area (Å²) < 4.78 is 24.7. The van der Waals surface area contributed by atoms with Gasteiger partial charge >= 0.3 is 0 Å². The van der Waals surface area contributed by atoms with E-state index in [0.29, 0.717) is 11.6 Å². The molecule has 1 aliphatic carbocycles. The Kier molecular flexibility index (Phi) is 5.24. The number of halogens is 1. The van der Waals surface area contributed by atoms with Crippen molar-refractivity contribution in [3.63, 3.8) is 0 Å². The SMILES string of the molecule is CS(=O)(=O)N(CCC(=O)NCc1ccc(Cl)cc1)C1CC1. The molecule has 2 rings (SSSR count). The molecule has 0 aromatic heterocycles. The van der Waals surface area contributed by atoms with E-state index >= 15 is 0 Å². The van der Waals surface area contributed by atoms with Crippen molar-refractivity contribution in [2.45, 2.75) is 31.8 Å². The zero-order valence-corrected chi connectivity index (χ0v) is 13.5. The summed E-state index contributed by atoms with van der Waals surface area (Å²) in [5.74, 6) is -0.153. The number of carbonyl (C=O) groups is 1. The molecule has 21 heavy (non-hydrogen) atoms. The number of rotatable bonds is 7. The Balaban J connectivity index is 1.78. The minimum atomic E-state index is -3.23. The monoisotopic (exact) mass is 330 g/mol. The maximum absolute atomic E-state index is 11.8. The van der Waals surface area contributed by atoms with Crippen molar-refractivity contribution in [1.82, 2.24) is 9.62 Å². The average molecular weight is 331 g/mol. The summed E-state index contributed by atoms with van der Waals surface area (Å²) in [4.78, 5) is 11.8. The molecule has 116 valence electrons. The molecule has 7 heteroatoms. The fourth-order valence-corrected chi connectivity index (χ4v) is 3.39. The maximum Gasteiger partial charge on any atom is 0.221 e. The van der Waals surface area contributed by atoms with E-state index in [1.165, 1.54) is 10.6 Å². The Bertz CT molecular complexity index is 597. The van der Waals surface area contributed by atoms with Crippen LogP contribution in [0.2, 0.25) is 5.02 Å². The van der Waals surface area contributed by atoms with Crippen LogP contribution in [-0.2, 0) is 21.4 Å². The second-order valence-corrected chi connectivity index (χ2v) is 7.63. The van der Waals surface area contributed by atoms with Crippen LogP contribution in [0.5, 0.6) is 0 Å². The largest absolute Gasteiger partial charge is 0.352 e. The fraction of sp³-hybridized carbons (Fsp3) is 0.500. The molecule has 0 spiro atoms. The number of hydrogen-bond donors (Lipinski definition) is 1. The summed E-state index contributed by atoms with van der Waals surface area (Å²) in [6.45, 7) is 0.661. The summed E-state index contributed by atoms with van der Waals surface area (Å²) in [5.41, 5.74) is 0.954. The van der Waals surface area contributed by atoms with Crippen LogP contribution in [0.15, 0.2) is 24.3 Å². The Morgan fingerprint density at radius 1 is 1.33 bits per heavy atom. The Morgan fingerprint density at radius 2 is 1.95 bits per heavy atom. The van der Waals surface area contributed by atoms with Gasteiger partial charge in [-0.3, -0.25) is 4.79 Å². The first-order chi connectivity index (χ1) is 9.86. The van der Waals surface area contributed by atoms with E-state index in [9.17, 15) is 13.2 Å². The lowest BCUT2D eigenvalue weighted by atomic mass is 10.2. The minimum Gasteiger partial charge on any atom is -0.352 e. The molecule has 1 saturated carbocycles. The van der Waals surface area contributed by atoms with Crippen LogP contribution in [0.4, 0.5) is 0 Å². The van der Waals surface area contributed by atoms with E-state index in [-0.39, 0.29) is 24.9 Å². The van der Waals surface area contributed by atoms with E-state index in [0.717, 1.165) is 18.4 Å². The predicted molar refractivity (Wildman–Crippen MR) is 82.5 cm³/mol. The fourth-order valence-electron chi connectivity index (χ4n) is 2.08. The van der Waals surface area contributed by atoms with Gasteiger partial charge in [-0.15, -0.1) is 0 Å². The number of nitrogens with one attached hydrogen (secondary N) is 1. The second-order valence-electron chi connectivity index (χ2n) is 5.26. The quantitative estimate of drug-likeness (QED) is 0.828. The number of nitrogens with zero attached hydrogens (tertiary/aromatic N) is 1. The van der Waals surface area contributed by atoms with Gasteiger partial charge in [0.25, 0.3) is 0 Å². The first-order valence-electron chi connectivity index (χ1n) is 6.84. The molecule has 0 bridgehead atoms. The molecule has 0 aliphatic heterocycles. The van der Waals surface area contributed by atoms with Crippen LogP contribution in [0.3, 0.4) is 0 Å². The van der Waals surface area contributed by atoms with Crippen LogP contribution in [0.1, 0.15) is 24.8 Å². The van der Waals surface area contributed by atoms with Gasteiger partial charge in [0.15, 0.2) is 0 Å². The van der Waals surface area contributed by atoms with E-state index < -0.39 is 10.0 Å². The maximum atomic E-state index is 11.8. The van der Waals surface area contributed by atoms with Gasteiger partial charge in [0, 0.05) is 30.6 Å². The molecule has 1 N–H and O–H groups in total. The third-order valence-electron chi connectivity index (χ3n) is 3.34. The number of amides is 1. The van der Waals surface area contributed by atoms with E-state index in [2.05, 4.69) is 5.32 Å². The summed E-state index contributed by atoms with van der Waals surface area (Å²) in [5, 5.41) is 3.43. The van der Waals surface area contributed by atoms with E-state index in [1.54, 1.807) is 12.1 Å². The van der Waals surface area contributed by atoms with E-state index in [4.69, 9.17) is 11.6 Å². The zero-order valence-electron chi connectivity index (χ0n) is 11.9. The van der Waals surface area contributed by atoms with Gasteiger partial charge in [-0.2, -0.15) is 4.31 Å². The molecule has 1 aromatic rings. The molecule has 0 heterocycles. The first kappa shape index (κ1) is 16.3. The van der Waals surface area contributed by atoms with Gasteiger partial charge in [0.05, 0.1) is 6.26 Å². The molecule has 1 fully saturated rings. The molecule has 0 saturated heterocycles. The van der Waals surface area contributed by atoms with Crippen molar-refractivity contribution in [1.29, 1.82) is 0 Å². The highest BCUT2D eigenvalue weighted by Crippen LogP contribution is 2.28. The molecule has 0 unspecified atom stereocenters. The smallest absolute Gasteiger partial charge is 0.221 e. The number of hydrogen-bond acceptors (Lipinski definition) is 3. The molecular formula is C14H19ClN2O3S. The normalized spacial score (nSPS) is 15.2. The van der Waals surface area contributed by atoms with Crippen LogP contribution in [-0.4, -0.2) is 37.5 Å². The third-order valence-corrected chi connectivity index (χ3v) is 4.93. The van der Waals surface area contributed by atoms with Gasteiger partial charge in [0.2, 0.25) is 15.9 Å². The van der Waals surface area contributed by atoms with Gasteiger partial charge in [-0.05, 0) is 30.5 Å². The highest BCUT2D eigenvalue weighted by molar-refractivity contribution is 7.88. The van der Waals surface area contributed by atoms with Crippen molar-refractivity contribution in [2.75, 3.05) is 12.8 Å². The van der Waals surface area contributed by atoms with Crippen LogP contribution in [0.25, 0.3) is 0 Å². The molecule has 0 atom stereocenters. The lowest BCUT2D eigenvalue weighted by molar-refractivity contribution is -0.121. The lowest BCUT2D eigenvalue weighted by Gasteiger charge is -2.18. The third kappa shape index (κ3) is 5.30. The first-order valence-corrected chi connectivity index (χ1v) is 9.07. The molecule has 1 aromatic carbocycles. The lowest BCUT2D eigenvalue weighted by Crippen LogP contribution is -2.36. The number of carbonyl (C=O) groups excluding carboxylic acids is 1. The van der Waals surface area contributed by atoms with Crippen LogP contribution in [0, 0.1) is 0 Å². The van der Waals surface area contributed by atoms with E-state index in [1.807, 2.05) is 12.1 Å². The van der Waals surface area contributed by atoms with Gasteiger partial charge in [0.1, 0.15) is 0 Å². The van der Waals surface area contributed by atoms with Crippen molar-refractivity contribution in [3.05, 3.63) is 34.9 Å². The minimum absolute atomic E-state index is 0.0871. The van der Waals surface area contributed by atoms with Crippen molar-refractivity contribution in [2.24, 2.45) is 0 Å². The Morgan fingerprint density at radius 3 is 2.48 bits per heavy atom. The van der Waals surface area contributed by atoms with Crippen molar-refractivity contribution < 1.29 is 13.2 Å². The average Bonchev–Trinajstić information content (AvgIpc) is 3.21. The summed E-state index contributed by atoms with van der Waals surface area (Å²) in [6.07, 6.45) is 3.15. The number of sulfonamides is 1. The highest BCUT2D eigenvalue weighted by Gasteiger charge is 2.34.